The predicted molar refractivity (Wildman–Crippen MR) is 115 cm³/mol. The van der Waals surface area contributed by atoms with Crippen LogP contribution in [-0.2, 0) is 13.6 Å². The Morgan fingerprint density at radius 3 is 2.69 bits per heavy atom. The number of fused-ring (bicyclic) bond motifs is 1. The molecule has 32 heavy (non-hydrogen) atoms. The molecule has 0 bridgehead atoms. The molecule has 0 radical (unpaired) electrons. The van der Waals surface area contributed by atoms with E-state index in [1.54, 1.807) is 19.2 Å². The second kappa shape index (κ2) is 8.63. The van der Waals surface area contributed by atoms with Crippen LogP contribution in [0.2, 0.25) is 0 Å². The van der Waals surface area contributed by atoms with E-state index in [9.17, 15) is 23.2 Å². The molecule has 1 saturated heterocycles. The summed E-state index contributed by atoms with van der Waals surface area (Å²) in [6.45, 7) is 3.95. The molecule has 4 rings (SSSR count). The van der Waals surface area contributed by atoms with E-state index in [1.165, 1.54) is 22.8 Å². The van der Waals surface area contributed by atoms with Crippen molar-refractivity contribution in [2.24, 2.45) is 7.05 Å². The van der Waals surface area contributed by atoms with E-state index < -0.39 is 12.2 Å². The number of hydrogen-bond acceptors (Lipinski definition) is 5. The summed E-state index contributed by atoms with van der Waals surface area (Å²) >= 11 is 0. The van der Waals surface area contributed by atoms with Gasteiger partial charge < -0.3 is 9.47 Å². The fraction of sp³-hybridized carbons (Fsp3) is 0.348. The zero-order valence-electron chi connectivity index (χ0n) is 17.7. The van der Waals surface area contributed by atoms with E-state index in [0.717, 1.165) is 6.07 Å². The number of pyridine rings is 2. The number of hydrogen-bond donors (Lipinski definition) is 0. The fourth-order valence-corrected chi connectivity index (χ4v) is 4.28. The first-order valence-corrected chi connectivity index (χ1v) is 10.2. The molecule has 0 amide bonds. The lowest BCUT2D eigenvalue weighted by Gasteiger charge is -2.41. The van der Waals surface area contributed by atoms with Gasteiger partial charge in [0.1, 0.15) is 23.1 Å². The average Bonchev–Trinajstić information content (AvgIpc) is 2.77. The Hall–Kier alpha value is -3.38. The largest absolute Gasteiger partial charge is 0.364 e. The lowest BCUT2D eigenvalue weighted by Crippen LogP contribution is -2.52. The first-order chi connectivity index (χ1) is 15.3. The molecule has 0 N–H and O–H groups in total. The van der Waals surface area contributed by atoms with Gasteiger partial charge in [-0.2, -0.15) is 5.26 Å². The van der Waals surface area contributed by atoms with Crippen molar-refractivity contribution < 1.29 is 13.2 Å². The number of anilines is 1. The van der Waals surface area contributed by atoms with Gasteiger partial charge in [0.25, 0.3) is 12.0 Å². The summed E-state index contributed by atoms with van der Waals surface area (Å²) in [6, 6.07) is 10.3. The second-order valence-electron chi connectivity index (χ2n) is 8.02. The quantitative estimate of drug-likeness (QED) is 0.619. The molecule has 0 spiro atoms. The number of halogens is 3. The maximum absolute atomic E-state index is 13.4. The Morgan fingerprint density at radius 2 is 2.00 bits per heavy atom. The van der Waals surface area contributed by atoms with Gasteiger partial charge in [-0.05, 0) is 36.8 Å². The van der Waals surface area contributed by atoms with Crippen LogP contribution >= 0.6 is 0 Å². The highest BCUT2D eigenvalue weighted by Gasteiger charge is 2.27. The van der Waals surface area contributed by atoms with Crippen molar-refractivity contribution in [2.45, 2.75) is 25.9 Å². The fourth-order valence-electron chi connectivity index (χ4n) is 4.28. The Balaban J connectivity index is 1.61. The number of nitriles is 1. The summed E-state index contributed by atoms with van der Waals surface area (Å²) in [5, 5.41) is 9.25. The van der Waals surface area contributed by atoms with Crippen molar-refractivity contribution in [1.82, 2.24) is 14.5 Å². The van der Waals surface area contributed by atoms with Crippen LogP contribution in [0.1, 0.15) is 30.2 Å². The van der Waals surface area contributed by atoms with E-state index in [0.29, 0.717) is 41.9 Å². The van der Waals surface area contributed by atoms with E-state index >= 15 is 0 Å². The Kier molecular flexibility index (Phi) is 5.89. The minimum atomic E-state index is -2.74. The lowest BCUT2D eigenvalue weighted by molar-refractivity contribution is 0.146. The van der Waals surface area contributed by atoms with Crippen LogP contribution in [0.5, 0.6) is 0 Å². The number of piperazine rings is 1. The monoisotopic (exact) mass is 441 g/mol. The van der Waals surface area contributed by atoms with Gasteiger partial charge >= 0.3 is 0 Å². The van der Waals surface area contributed by atoms with Gasteiger partial charge in [0.15, 0.2) is 0 Å². The number of alkyl halides is 2. The van der Waals surface area contributed by atoms with Crippen LogP contribution < -0.4 is 10.5 Å². The molecule has 1 aliphatic heterocycles. The third-order valence-corrected chi connectivity index (χ3v) is 5.94. The molecule has 9 heteroatoms. The van der Waals surface area contributed by atoms with E-state index in [1.807, 2.05) is 17.9 Å². The van der Waals surface area contributed by atoms with Crippen LogP contribution in [0, 0.1) is 17.1 Å². The minimum absolute atomic E-state index is 0.0398. The Labute approximate surface area is 183 Å². The van der Waals surface area contributed by atoms with Gasteiger partial charge in [0.2, 0.25) is 0 Å². The molecule has 3 aromatic rings. The number of benzene rings is 1. The van der Waals surface area contributed by atoms with Crippen LogP contribution in [0.15, 0.2) is 41.2 Å². The molecule has 6 nitrogen and oxygen atoms in total. The van der Waals surface area contributed by atoms with Gasteiger partial charge in [-0.1, -0.05) is 6.07 Å². The molecule has 3 heterocycles. The summed E-state index contributed by atoms with van der Waals surface area (Å²) in [5.74, 6) is -0.677. The van der Waals surface area contributed by atoms with Crippen molar-refractivity contribution >= 4 is 16.7 Å². The van der Waals surface area contributed by atoms with Crippen LogP contribution in [0.25, 0.3) is 11.0 Å². The minimum Gasteiger partial charge on any atom is -0.364 e. The van der Waals surface area contributed by atoms with Crippen LogP contribution in [-0.4, -0.2) is 40.1 Å². The van der Waals surface area contributed by atoms with Crippen molar-refractivity contribution in [3.8, 4) is 6.07 Å². The summed E-state index contributed by atoms with van der Waals surface area (Å²) < 4.78 is 41.6. The van der Waals surface area contributed by atoms with Crippen molar-refractivity contribution in [1.29, 1.82) is 5.26 Å². The topological polar surface area (TPSA) is 65.2 Å². The predicted octanol–water partition coefficient (Wildman–Crippen LogP) is 3.59. The normalized spacial score (nSPS) is 17.2. The van der Waals surface area contributed by atoms with Crippen molar-refractivity contribution in [3.05, 3.63) is 69.4 Å². The first kappa shape index (κ1) is 21.8. The zero-order chi connectivity index (χ0) is 23.0. The number of aromatic nitrogens is 2. The molecule has 0 aliphatic carbocycles. The molecule has 1 unspecified atom stereocenters. The molecule has 1 aliphatic rings. The average molecular weight is 441 g/mol. The van der Waals surface area contributed by atoms with Gasteiger partial charge in [0, 0.05) is 50.9 Å². The molecule has 2 aromatic heterocycles. The first-order valence-electron chi connectivity index (χ1n) is 10.2. The molecular formula is C23H22F3N5O. The zero-order valence-corrected chi connectivity index (χ0v) is 17.7. The summed E-state index contributed by atoms with van der Waals surface area (Å²) in [4.78, 5) is 21.1. The highest BCUT2D eigenvalue weighted by molar-refractivity contribution is 5.88. The SMILES string of the molecule is CC1CN(Cc2ccc(F)cc2C(F)F)CCN1c1cc(=O)n(C)c2ccc(C#N)nc12. The van der Waals surface area contributed by atoms with E-state index in [-0.39, 0.29) is 29.4 Å². The second-order valence-corrected chi connectivity index (χ2v) is 8.02. The van der Waals surface area contributed by atoms with E-state index in [4.69, 9.17) is 0 Å². The number of aryl methyl sites for hydroxylation is 1. The Morgan fingerprint density at radius 1 is 1.22 bits per heavy atom. The maximum Gasteiger partial charge on any atom is 0.264 e. The molecule has 1 atom stereocenters. The third-order valence-electron chi connectivity index (χ3n) is 5.94. The summed E-state index contributed by atoms with van der Waals surface area (Å²) in [7, 11) is 1.66. The van der Waals surface area contributed by atoms with Gasteiger partial charge in [-0.15, -0.1) is 0 Å². The van der Waals surface area contributed by atoms with Crippen molar-refractivity contribution in [2.75, 3.05) is 24.5 Å². The van der Waals surface area contributed by atoms with Crippen LogP contribution in [0.3, 0.4) is 0 Å². The van der Waals surface area contributed by atoms with Gasteiger partial charge in [-0.25, -0.2) is 18.2 Å². The van der Waals surface area contributed by atoms with Gasteiger partial charge in [-0.3, -0.25) is 9.69 Å². The molecule has 166 valence electrons. The number of rotatable bonds is 4. The molecule has 1 fully saturated rings. The van der Waals surface area contributed by atoms with E-state index in [2.05, 4.69) is 9.88 Å². The number of nitrogens with zero attached hydrogens (tertiary/aromatic N) is 5. The maximum atomic E-state index is 13.4. The standard InChI is InChI=1S/C23H22F3N5O/c1-14-12-30(13-15-3-4-16(24)9-18(15)23(25)26)7-8-31(14)20-10-21(32)29(2)19-6-5-17(11-27)28-22(19)20/h3-6,9-10,14,23H,7-8,12-13H2,1-2H3. The third kappa shape index (κ3) is 4.06. The highest BCUT2D eigenvalue weighted by Crippen LogP contribution is 2.29. The van der Waals surface area contributed by atoms with Crippen molar-refractivity contribution in [3.63, 3.8) is 0 Å². The molecular weight excluding hydrogens is 419 g/mol. The van der Waals surface area contributed by atoms with Gasteiger partial charge in [0.05, 0.1) is 11.2 Å². The molecule has 0 saturated carbocycles. The highest BCUT2D eigenvalue weighted by atomic mass is 19.3. The lowest BCUT2D eigenvalue weighted by atomic mass is 10.1. The summed E-state index contributed by atoms with van der Waals surface area (Å²) in [6.07, 6.45) is -2.74. The van der Waals surface area contributed by atoms with Crippen LogP contribution in [0.4, 0.5) is 18.9 Å². The Bertz CT molecular complexity index is 1270. The smallest absolute Gasteiger partial charge is 0.264 e. The summed E-state index contributed by atoms with van der Waals surface area (Å²) in [5.41, 5.74) is 2.06. The molecule has 1 aromatic carbocycles.